The average molecular weight is 337 g/mol. The van der Waals surface area contributed by atoms with Gasteiger partial charge in [-0.25, -0.2) is 0 Å². The van der Waals surface area contributed by atoms with Gasteiger partial charge in [-0.1, -0.05) is 81.4 Å². The van der Waals surface area contributed by atoms with E-state index in [1.165, 1.54) is 16.6 Å². The van der Waals surface area contributed by atoms with Crippen molar-refractivity contribution in [3.05, 3.63) is 60.7 Å². The molecule has 1 aliphatic rings. The minimum Gasteiger partial charge on any atom is -0.352 e. The third-order valence-corrected chi connectivity index (χ3v) is 10.8. The highest BCUT2D eigenvalue weighted by Crippen LogP contribution is 2.42. The van der Waals surface area contributed by atoms with Crippen LogP contribution in [0.3, 0.4) is 0 Å². The van der Waals surface area contributed by atoms with E-state index >= 15 is 0 Å². The fraction of sp³-hybridized carbons (Fsp3) is 0.300. The molecule has 3 rings (SSSR count). The van der Waals surface area contributed by atoms with Gasteiger partial charge in [0.1, 0.15) is 0 Å². The lowest BCUT2D eigenvalue weighted by atomic mass is 10.1. The Hall–Kier alpha value is -2.20. The molecular formula is C20H24N2OSi. The van der Waals surface area contributed by atoms with Gasteiger partial charge < -0.3 is 9.97 Å². The first-order valence-corrected chi connectivity index (χ1v) is 10.3. The lowest BCUT2D eigenvalue weighted by Gasteiger charge is -2.57. The zero-order valence-electron chi connectivity index (χ0n) is 14.5. The van der Waals surface area contributed by atoms with Crippen molar-refractivity contribution in [3.8, 4) is 0 Å². The quantitative estimate of drug-likeness (QED) is 0.521. The van der Waals surface area contributed by atoms with Crippen molar-refractivity contribution in [1.29, 1.82) is 5.41 Å². The second-order valence-electron chi connectivity index (χ2n) is 7.39. The lowest BCUT2D eigenvalue weighted by molar-refractivity contribution is -0.136. The standard InChI is InChI=1S/C20H24N2OSi/c1-20(2,3)24(17-10-6-4-7-11-17,18-12-8-5-9-13-18)22-16(15-21)14-19(22)23/h4-13,15-16,21H,14H2,1-3H3/t16-/m0/s1. The summed E-state index contributed by atoms with van der Waals surface area (Å²) in [6.07, 6.45) is 1.88. The molecule has 1 N–H and O–H groups in total. The number of carbonyl (C=O) groups excluding carboxylic acids is 1. The molecule has 1 aliphatic heterocycles. The van der Waals surface area contributed by atoms with Gasteiger partial charge in [0.15, 0.2) is 0 Å². The first kappa shape index (κ1) is 16.6. The Morgan fingerprint density at radius 2 is 1.46 bits per heavy atom. The highest BCUT2D eigenvalue weighted by molar-refractivity contribution is 7.03. The van der Waals surface area contributed by atoms with Crippen LogP contribution in [0.1, 0.15) is 27.2 Å². The van der Waals surface area contributed by atoms with Crippen LogP contribution in [0.5, 0.6) is 0 Å². The van der Waals surface area contributed by atoms with Gasteiger partial charge in [-0.2, -0.15) is 0 Å². The molecule has 1 saturated heterocycles. The van der Waals surface area contributed by atoms with Crippen LogP contribution in [-0.4, -0.2) is 31.0 Å². The summed E-state index contributed by atoms with van der Waals surface area (Å²) in [5, 5.41) is 10.1. The maximum atomic E-state index is 12.7. The van der Waals surface area contributed by atoms with Crippen molar-refractivity contribution in [3.63, 3.8) is 0 Å². The molecule has 4 heteroatoms. The highest BCUT2D eigenvalue weighted by Gasteiger charge is 2.59. The Labute approximate surface area is 144 Å². The number of hydrogen-bond acceptors (Lipinski definition) is 2. The van der Waals surface area contributed by atoms with Crippen LogP contribution in [0.4, 0.5) is 0 Å². The lowest BCUT2D eigenvalue weighted by Crippen LogP contribution is -2.81. The number of hydrogen-bond donors (Lipinski definition) is 1. The molecule has 0 bridgehead atoms. The van der Waals surface area contributed by atoms with Gasteiger partial charge >= 0.3 is 0 Å². The molecule has 0 saturated carbocycles. The largest absolute Gasteiger partial charge is 0.352 e. The van der Waals surface area contributed by atoms with Crippen LogP contribution >= 0.6 is 0 Å². The molecule has 24 heavy (non-hydrogen) atoms. The van der Waals surface area contributed by atoms with Crippen molar-refractivity contribution in [2.24, 2.45) is 0 Å². The summed E-state index contributed by atoms with van der Waals surface area (Å²) in [6, 6.07) is 20.7. The third kappa shape index (κ3) is 2.33. The zero-order valence-corrected chi connectivity index (χ0v) is 15.5. The van der Waals surface area contributed by atoms with Gasteiger partial charge in [-0.15, -0.1) is 0 Å². The maximum Gasteiger partial charge on any atom is 0.229 e. The van der Waals surface area contributed by atoms with Crippen molar-refractivity contribution >= 4 is 30.7 Å². The molecule has 0 unspecified atom stereocenters. The second-order valence-corrected chi connectivity index (χ2v) is 12.0. The molecule has 1 amide bonds. The molecular weight excluding hydrogens is 312 g/mol. The Bertz CT molecular complexity index is 698. The number of nitrogens with one attached hydrogen (secondary N) is 1. The van der Waals surface area contributed by atoms with Crippen molar-refractivity contribution < 1.29 is 4.79 Å². The van der Waals surface area contributed by atoms with Gasteiger partial charge in [0.25, 0.3) is 0 Å². The molecule has 0 aliphatic carbocycles. The summed E-state index contributed by atoms with van der Waals surface area (Å²) in [7, 11) is -2.58. The minimum atomic E-state index is -2.58. The van der Waals surface area contributed by atoms with E-state index in [9.17, 15) is 4.79 Å². The van der Waals surface area contributed by atoms with Crippen molar-refractivity contribution in [2.45, 2.75) is 38.3 Å². The van der Waals surface area contributed by atoms with Crippen LogP contribution in [0.2, 0.25) is 5.04 Å². The van der Waals surface area contributed by atoms with Crippen LogP contribution in [-0.2, 0) is 4.79 Å². The SMILES string of the molecule is CC(C)(C)[Si](c1ccccc1)(c1ccccc1)N1C(=O)C[C@H]1C=N. The van der Waals surface area contributed by atoms with E-state index in [1.54, 1.807) is 0 Å². The fourth-order valence-corrected chi connectivity index (χ4v) is 9.86. The number of β-lactam (4-membered cyclic amide) rings is 1. The number of carbonyl (C=O) groups is 1. The Balaban J connectivity index is 2.34. The van der Waals surface area contributed by atoms with E-state index in [0.717, 1.165) is 0 Å². The predicted molar refractivity (Wildman–Crippen MR) is 102 cm³/mol. The highest BCUT2D eigenvalue weighted by atomic mass is 28.3. The van der Waals surface area contributed by atoms with E-state index in [1.807, 2.05) is 16.7 Å². The van der Waals surface area contributed by atoms with Gasteiger partial charge in [0.05, 0.1) is 12.5 Å². The summed E-state index contributed by atoms with van der Waals surface area (Å²) in [5.41, 5.74) is 0. The molecule has 2 aromatic carbocycles. The summed E-state index contributed by atoms with van der Waals surface area (Å²) >= 11 is 0. The van der Waals surface area contributed by atoms with E-state index in [2.05, 4.69) is 69.3 Å². The summed E-state index contributed by atoms with van der Waals surface area (Å²) in [5.74, 6) is 0.165. The van der Waals surface area contributed by atoms with E-state index in [0.29, 0.717) is 6.42 Å². The Morgan fingerprint density at radius 1 is 1.00 bits per heavy atom. The summed E-state index contributed by atoms with van der Waals surface area (Å²) < 4.78 is 2.05. The third-order valence-electron chi connectivity index (χ3n) is 5.01. The molecule has 0 radical (unpaired) electrons. The maximum absolute atomic E-state index is 12.7. The predicted octanol–water partition coefficient (Wildman–Crippen LogP) is 2.80. The molecule has 0 spiro atoms. The first-order chi connectivity index (χ1) is 11.4. The molecule has 0 aromatic heterocycles. The molecule has 1 atom stereocenters. The Morgan fingerprint density at radius 3 is 1.79 bits per heavy atom. The minimum absolute atomic E-state index is 0.0937. The smallest absolute Gasteiger partial charge is 0.229 e. The average Bonchev–Trinajstić information content (AvgIpc) is 2.57. The Kier molecular flexibility index (Phi) is 4.18. The van der Waals surface area contributed by atoms with Gasteiger partial charge in [-0.3, -0.25) is 4.79 Å². The van der Waals surface area contributed by atoms with Gasteiger partial charge in [0, 0.05) is 6.21 Å². The molecule has 124 valence electrons. The number of rotatable bonds is 4. The first-order valence-electron chi connectivity index (χ1n) is 8.36. The zero-order chi connectivity index (χ0) is 17.4. The van der Waals surface area contributed by atoms with Gasteiger partial charge in [-0.05, 0) is 15.4 Å². The molecule has 1 fully saturated rings. The molecule has 1 heterocycles. The van der Waals surface area contributed by atoms with Crippen molar-refractivity contribution in [2.75, 3.05) is 0 Å². The summed E-state index contributed by atoms with van der Waals surface area (Å²) in [6.45, 7) is 6.68. The fourth-order valence-electron chi connectivity index (χ4n) is 4.04. The van der Waals surface area contributed by atoms with Crippen LogP contribution in [0, 0.1) is 5.41 Å². The normalized spacial score (nSPS) is 18.2. The van der Waals surface area contributed by atoms with Crippen molar-refractivity contribution in [1.82, 2.24) is 4.57 Å². The van der Waals surface area contributed by atoms with Crippen LogP contribution in [0.25, 0.3) is 0 Å². The number of benzene rings is 2. The number of nitrogens with zero attached hydrogens (tertiary/aromatic N) is 1. The van der Waals surface area contributed by atoms with Gasteiger partial charge in [0.2, 0.25) is 14.1 Å². The monoisotopic (exact) mass is 336 g/mol. The number of amides is 1. The molecule has 3 nitrogen and oxygen atoms in total. The van der Waals surface area contributed by atoms with E-state index in [-0.39, 0.29) is 17.0 Å². The topological polar surface area (TPSA) is 44.2 Å². The van der Waals surface area contributed by atoms with E-state index < -0.39 is 8.24 Å². The van der Waals surface area contributed by atoms with E-state index in [4.69, 9.17) is 5.41 Å². The summed E-state index contributed by atoms with van der Waals surface area (Å²) in [4.78, 5) is 12.7. The second kappa shape index (κ2) is 6.02. The van der Waals surface area contributed by atoms with Crippen LogP contribution in [0.15, 0.2) is 60.7 Å². The molecule has 2 aromatic rings. The van der Waals surface area contributed by atoms with Crippen LogP contribution < -0.4 is 10.4 Å².